The molecule has 9 heteroatoms. The van der Waals surface area contributed by atoms with Crippen molar-refractivity contribution < 1.29 is 48.8 Å². The number of carbonyl (C=O) groups is 2. The van der Waals surface area contributed by atoms with Crippen molar-refractivity contribution in [2.75, 3.05) is 14.2 Å². The van der Waals surface area contributed by atoms with Gasteiger partial charge in [-0.3, -0.25) is 9.97 Å². The van der Waals surface area contributed by atoms with Crippen LogP contribution in [0.2, 0.25) is 0 Å². The van der Waals surface area contributed by atoms with Gasteiger partial charge in [-0.05, 0) is 12.1 Å². The summed E-state index contributed by atoms with van der Waals surface area (Å²) in [4.78, 5) is 27.6. The van der Waals surface area contributed by atoms with Crippen molar-refractivity contribution in [2.24, 2.45) is 0 Å². The normalized spacial score (nSPS) is 8.78. The van der Waals surface area contributed by atoms with Gasteiger partial charge in [0, 0.05) is 24.5 Å². The van der Waals surface area contributed by atoms with Gasteiger partial charge in [-0.25, -0.2) is 0 Å². The van der Waals surface area contributed by atoms with E-state index in [-0.39, 0.29) is 30.9 Å². The van der Waals surface area contributed by atoms with E-state index < -0.39 is 11.9 Å². The van der Waals surface area contributed by atoms with Crippen LogP contribution in [-0.4, -0.2) is 36.1 Å². The van der Waals surface area contributed by atoms with Crippen molar-refractivity contribution in [1.82, 2.24) is 9.97 Å². The zero-order valence-electron chi connectivity index (χ0n) is 12.5. The van der Waals surface area contributed by atoms with Gasteiger partial charge >= 0.3 is 19.5 Å². The summed E-state index contributed by atoms with van der Waals surface area (Å²) in [6.07, 6.45) is 2.70. The van der Waals surface area contributed by atoms with E-state index in [0.717, 1.165) is 0 Å². The Bertz CT molecular complexity index is 608. The maximum atomic E-state index is 10.2. The van der Waals surface area contributed by atoms with Gasteiger partial charge in [0.15, 0.2) is 0 Å². The van der Waals surface area contributed by atoms with Crippen molar-refractivity contribution >= 4 is 11.9 Å². The van der Waals surface area contributed by atoms with Gasteiger partial charge in [0.1, 0.15) is 11.5 Å². The zero-order valence-corrected chi connectivity index (χ0v) is 15.5. The molecule has 0 N–H and O–H groups in total. The molecule has 0 aromatic carbocycles. The van der Waals surface area contributed by atoms with Crippen molar-refractivity contribution in [3.8, 4) is 11.5 Å². The molecule has 0 aliphatic heterocycles. The third-order valence-electron chi connectivity index (χ3n) is 2.35. The number of rotatable bonds is 4. The monoisotopic (exact) mass is 368 g/mol. The van der Waals surface area contributed by atoms with E-state index in [2.05, 4.69) is 9.97 Å². The van der Waals surface area contributed by atoms with E-state index in [9.17, 15) is 19.8 Å². The van der Waals surface area contributed by atoms with Crippen molar-refractivity contribution in [3.05, 3.63) is 48.0 Å². The summed E-state index contributed by atoms with van der Waals surface area (Å²) in [5, 5.41) is 20.5. The molecule has 0 amide bonds. The molecule has 8 nitrogen and oxygen atoms in total. The second-order valence-corrected chi connectivity index (χ2v) is 3.74. The Hall–Kier alpha value is -2.54. The minimum Gasteiger partial charge on any atom is -0.543 e. The molecule has 0 aliphatic carbocycles. The number of carboxylic acid groups (broad SMARTS) is 2. The van der Waals surface area contributed by atoms with Crippen molar-refractivity contribution in [1.29, 1.82) is 0 Å². The van der Waals surface area contributed by atoms with Gasteiger partial charge in [0.2, 0.25) is 0 Å². The van der Waals surface area contributed by atoms with Crippen LogP contribution in [0.4, 0.5) is 0 Å². The first-order chi connectivity index (χ1) is 10.5. The largest absolute Gasteiger partial charge is 2.00 e. The van der Waals surface area contributed by atoms with E-state index in [0.29, 0.717) is 11.5 Å². The summed E-state index contributed by atoms with van der Waals surface area (Å²) < 4.78 is 9.55. The van der Waals surface area contributed by atoms with E-state index in [1.165, 1.54) is 38.7 Å². The van der Waals surface area contributed by atoms with Crippen LogP contribution in [0.25, 0.3) is 0 Å². The molecule has 0 atom stereocenters. The Morgan fingerprint density at radius 2 is 1.22 bits per heavy atom. The molecule has 23 heavy (non-hydrogen) atoms. The van der Waals surface area contributed by atoms with Gasteiger partial charge in [-0.15, -0.1) is 0 Å². The summed E-state index contributed by atoms with van der Waals surface area (Å²) >= 11 is 0. The number of aromatic nitrogens is 2. The molecule has 2 aromatic heterocycles. The predicted molar refractivity (Wildman–Crippen MR) is 70.2 cm³/mol. The molecule has 2 aromatic rings. The first-order valence-electron chi connectivity index (χ1n) is 5.90. The Labute approximate surface area is 144 Å². The third kappa shape index (κ3) is 6.84. The number of carboxylic acids is 2. The van der Waals surface area contributed by atoms with E-state index >= 15 is 0 Å². The summed E-state index contributed by atoms with van der Waals surface area (Å²) in [6, 6.07) is 5.73. The Kier molecular flexibility index (Phi) is 9.10. The fourth-order valence-electron chi connectivity index (χ4n) is 1.30. The number of nitrogens with zero attached hydrogens (tertiary/aromatic N) is 2. The van der Waals surface area contributed by atoms with E-state index in [1.807, 2.05) is 0 Å². The number of hydrogen-bond donors (Lipinski definition) is 0. The summed E-state index contributed by atoms with van der Waals surface area (Å²) in [5.41, 5.74) is -0.242. The Morgan fingerprint density at radius 3 is 1.48 bits per heavy atom. The fourth-order valence-corrected chi connectivity index (χ4v) is 1.30. The molecule has 2 rings (SSSR count). The number of carbonyl (C=O) groups excluding carboxylic acids is 2. The third-order valence-corrected chi connectivity index (χ3v) is 2.35. The van der Waals surface area contributed by atoms with Gasteiger partial charge in [-0.1, -0.05) is 0 Å². The van der Waals surface area contributed by atoms with Crippen LogP contribution in [0.3, 0.4) is 0 Å². The minimum atomic E-state index is -1.30. The number of hydrogen-bond acceptors (Lipinski definition) is 8. The number of pyridine rings is 2. The average Bonchev–Trinajstić information content (AvgIpc) is 2.55. The zero-order chi connectivity index (χ0) is 16.5. The molecule has 0 fully saturated rings. The van der Waals surface area contributed by atoms with Crippen molar-refractivity contribution in [3.63, 3.8) is 0 Å². The quantitative estimate of drug-likeness (QED) is 0.622. The number of methoxy groups -OCH3 is 2. The summed E-state index contributed by atoms with van der Waals surface area (Å²) in [5.74, 6) is -1.69. The molecule has 0 spiro atoms. The first-order valence-corrected chi connectivity index (χ1v) is 5.90. The molecule has 0 radical (unpaired) electrons. The maximum absolute atomic E-state index is 10.2. The van der Waals surface area contributed by atoms with Gasteiger partial charge in [-0.2, -0.15) is 0 Å². The molecule has 0 unspecified atom stereocenters. The molecule has 0 saturated heterocycles. The number of aromatic carboxylic acids is 2. The van der Waals surface area contributed by atoms with Crippen LogP contribution in [0.1, 0.15) is 21.0 Å². The molecule has 116 valence electrons. The van der Waals surface area contributed by atoms with Gasteiger partial charge in [0.25, 0.3) is 0 Å². The average molecular weight is 370 g/mol. The SMILES string of the molecule is COc1ccnc(C(=O)[O-])c1.COc1ccnc(C(=O)[O-])c1.[Zn+2]. The maximum Gasteiger partial charge on any atom is 2.00 e. The van der Waals surface area contributed by atoms with E-state index in [1.54, 1.807) is 12.1 Å². The predicted octanol–water partition coefficient (Wildman–Crippen LogP) is -1.10. The minimum absolute atomic E-state index is 0. The van der Waals surface area contributed by atoms with Crippen LogP contribution < -0.4 is 19.7 Å². The Balaban J connectivity index is 0.000000403. The van der Waals surface area contributed by atoms with Crippen LogP contribution in [-0.2, 0) is 19.5 Å². The standard InChI is InChI=1S/2C7H7NO3.Zn/c2*1-11-5-2-3-8-6(4-5)7(9)10;/h2*2-4H,1H3,(H,9,10);/q;;+2/p-2. The molecule has 0 bridgehead atoms. The smallest absolute Gasteiger partial charge is 0.543 e. The fraction of sp³-hybridized carbons (Fsp3) is 0.143. The van der Waals surface area contributed by atoms with Gasteiger partial charge < -0.3 is 29.3 Å². The Morgan fingerprint density at radius 1 is 0.870 bits per heavy atom. The van der Waals surface area contributed by atoms with Crippen LogP contribution >= 0.6 is 0 Å². The molecule has 0 saturated carbocycles. The molecular weight excluding hydrogens is 358 g/mol. The van der Waals surface area contributed by atoms with E-state index in [4.69, 9.17) is 9.47 Å². The molecule has 2 heterocycles. The second kappa shape index (κ2) is 10.2. The van der Waals surface area contributed by atoms with Crippen LogP contribution in [0.15, 0.2) is 36.7 Å². The van der Waals surface area contributed by atoms with Crippen LogP contribution in [0.5, 0.6) is 11.5 Å². The van der Waals surface area contributed by atoms with Gasteiger partial charge in [0.05, 0.1) is 37.5 Å². The molecular formula is C14H12N2O6Zn. The molecule has 0 aliphatic rings. The van der Waals surface area contributed by atoms with Crippen LogP contribution in [0, 0.1) is 0 Å². The van der Waals surface area contributed by atoms with Crippen molar-refractivity contribution in [2.45, 2.75) is 0 Å². The topological polar surface area (TPSA) is 124 Å². The summed E-state index contributed by atoms with van der Waals surface area (Å²) in [7, 11) is 2.91. The summed E-state index contributed by atoms with van der Waals surface area (Å²) in [6.45, 7) is 0. The number of ether oxygens (including phenoxy) is 2. The second-order valence-electron chi connectivity index (χ2n) is 3.74. The first kappa shape index (κ1) is 20.5.